The van der Waals surface area contributed by atoms with Crippen LogP contribution in [0.3, 0.4) is 0 Å². The molecule has 2 aromatic rings. The van der Waals surface area contributed by atoms with E-state index in [1.54, 1.807) is 43.5 Å². The van der Waals surface area contributed by atoms with Gasteiger partial charge in [-0.15, -0.1) is 11.8 Å². The third kappa shape index (κ3) is 2.79. The maximum atomic E-state index is 14.3. The highest BCUT2D eigenvalue weighted by Gasteiger charge is 2.12. The van der Waals surface area contributed by atoms with Crippen molar-refractivity contribution < 1.29 is 13.9 Å². The highest BCUT2D eigenvalue weighted by Crippen LogP contribution is 2.34. The van der Waals surface area contributed by atoms with Gasteiger partial charge in [0, 0.05) is 16.0 Å². The first-order chi connectivity index (χ1) is 9.19. The molecule has 0 aromatic heterocycles. The number of methoxy groups -OCH3 is 1. The van der Waals surface area contributed by atoms with Gasteiger partial charge in [-0.1, -0.05) is 18.2 Å². The number of ether oxygens (including phenoxy) is 1. The van der Waals surface area contributed by atoms with Crippen LogP contribution in [0.15, 0.2) is 41.3 Å². The summed E-state index contributed by atoms with van der Waals surface area (Å²) in [4.78, 5) is 11.3. The van der Waals surface area contributed by atoms with E-state index in [2.05, 4.69) is 0 Å². The molecule has 2 aromatic carbocycles. The van der Waals surface area contributed by atoms with Crippen LogP contribution in [-0.2, 0) is 0 Å². The van der Waals surface area contributed by atoms with E-state index in [4.69, 9.17) is 4.74 Å². The molecule has 0 unspecified atom stereocenters. The number of hydrogen-bond acceptors (Lipinski definition) is 3. The average Bonchev–Trinajstić information content (AvgIpc) is 2.47. The fourth-order valence-corrected chi connectivity index (χ4v) is 2.35. The van der Waals surface area contributed by atoms with E-state index < -0.39 is 0 Å². The monoisotopic (exact) mass is 276 g/mol. The van der Waals surface area contributed by atoms with E-state index in [0.717, 1.165) is 6.29 Å². The molecule has 98 valence electrons. The molecule has 0 aliphatic heterocycles. The minimum absolute atomic E-state index is 0.295. The first-order valence-electron chi connectivity index (χ1n) is 5.66. The van der Waals surface area contributed by atoms with Crippen LogP contribution in [0.5, 0.6) is 5.75 Å². The predicted octanol–water partition coefficient (Wildman–Crippen LogP) is 4.04. The lowest BCUT2D eigenvalue weighted by Gasteiger charge is -2.10. The number of rotatable bonds is 4. The molecular formula is C15H13FO2S. The van der Waals surface area contributed by atoms with Crippen molar-refractivity contribution in [1.82, 2.24) is 0 Å². The van der Waals surface area contributed by atoms with Gasteiger partial charge in [0.1, 0.15) is 17.9 Å². The number of aldehydes is 1. The second-order valence-corrected chi connectivity index (χ2v) is 4.78. The maximum absolute atomic E-state index is 14.3. The summed E-state index contributed by atoms with van der Waals surface area (Å²) in [5, 5.41) is 0. The summed E-state index contributed by atoms with van der Waals surface area (Å²) in [5.74, 6) is 0.300. The van der Waals surface area contributed by atoms with Gasteiger partial charge in [0.2, 0.25) is 0 Å². The number of halogens is 1. The van der Waals surface area contributed by atoms with Crippen molar-refractivity contribution in [3.63, 3.8) is 0 Å². The zero-order valence-corrected chi connectivity index (χ0v) is 11.5. The van der Waals surface area contributed by atoms with Gasteiger partial charge in [-0.2, -0.15) is 0 Å². The zero-order chi connectivity index (χ0) is 13.8. The van der Waals surface area contributed by atoms with Gasteiger partial charge in [0.15, 0.2) is 0 Å². The molecule has 0 saturated carbocycles. The maximum Gasteiger partial charge on any atom is 0.150 e. The van der Waals surface area contributed by atoms with Crippen molar-refractivity contribution in [3.8, 4) is 16.9 Å². The Kier molecular flexibility index (Phi) is 4.22. The first-order valence-corrected chi connectivity index (χ1v) is 6.89. The minimum atomic E-state index is -0.295. The molecular weight excluding hydrogens is 263 g/mol. The molecule has 0 atom stereocenters. The molecule has 19 heavy (non-hydrogen) atoms. The Balaban J connectivity index is 2.62. The van der Waals surface area contributed by atoms with Gasteiger partial charge in [-0.05, 0) is 30.0 Å². The molecule has 0 N–H and O–H groups in total. The summed E-state index contributed by atoms with van der Waals surface area (Å²) in [6.45, 7) is 0. The van der Waals surface area contributed by atoms with Crippen LogP contribution in [-0.4, -0.2) is 19.7 Å². The van der Waals surface area contributed by atoms with E-state index >= 15 is 0 Å². The van der Waals surface area contributed by atoms with Crippen molar-refractivity contribution in [3.05, 3.63) is 47.8 Å². The van der Waals surface area contributed by atoms with E-state index in [0.29, 0.717) is 27.3 Å². The van der Waals surface area contributed by atoms with E-state index in [9.17, 15) is 9.18 Å². The van der Waals surface area contributed by atoms with Gasteiger partial charge in [-0.3, -0.25) is 4.79 Å². The van der Waals surface area contributed by atoms with Crippen molar-refractivity contribution in [2.75, 3.05) is 13.4 Å². The molecule has 0 fully saturated rings. The summed E-state index contributed by atoms with van der Waals surface area (Å²) in [6.07, 6.45) is 2.56. The van der Waals surface area contributed by atoms with E-state index in [-0.39, 0.29) is 5.82 Å². The predicted molar refractivity (Wildman–Crippen MR) is 75.6 cm³/mol. The Bertz CT molecular complexity index is 611. The molecule has 2 rings (SSSR count). The highest BCUT2D eigenvalue weighted by atomic mass is 32.2. The van der Waals surface area contributed by atoms with Gasteiger partial charge >= 0.3 is 0 Å². The molecule has 4 heteroatoms. The van der Waals surface area contributed by atoms with Gasteiger partial charge in [0.05, 0.1) is 7.11 Å². The molecule has 0 saturated heterocycles. The number of carbonyl (C=O) groups excluding carboxylic acids is 1. The van der Waals surface area contributed by atoms with E-state index in [1.807, 2.05) is 6.26 Å². The van der Waals surface area contributed by atoms with Crippen LogP contribution in [0.1, 0.15) is 10.4 Å². The van der Waals surface area contributed by atoms with Gasteiger partial charge in [-0.25, -0.2) is 4.39 Å². The van der Waals surface area contributed by atoms with Crippen LogP contribution in [0.2, 0.25) is 0 Å². The van der Waals surface area contributed by atoms with Crippen LogP contribution in [0, 0.1) is 5.82 Å². The highest BCUT2D eigenvalue weighted by molar-refractivity contribution is 7.98. The van der Waals surface area contributed by atoms with Gasteiger partial charge in [0.25, 0.3) is 0 Å². The molecule has 0 radical (unpaired) electrons. The second kappa shape index (κ2) is 5.89. The largest absolute Gasteiger partial charge is 0.497 e. The number of benzene rings is 2. The normalized spacial score (nSPS) is 10.3. The number of thioether (sulfide) groups is 1. The Hall–Kier alpha value is -1.81. The SMILES string of the molecule is COc1cc(SC)c(F)c(-c2cccc(C=O)c2)c1. The van der Waals surface area contributed by atoms with Crippen LogP contribution >= 0.6 is 11.8 Å². The Labute approximate surface area is 115 Å². The lowest BCUT2D eigenvalue weighted by molar-refractivity contribution is 0.112. The lowest BCUT2D eigenvalue weighted by atomic mass is 10.0. The van der Waals surface area contributed by atoms with E-state index in [1.165, 1.54) is 11.8 Å². The summed E-state index contributed by atoms with van der Waals surface area (Å²) in [7, 11) is 1.54. The average molecular weight is 276 g/mol. The topological polar surface area (TPSA) is 26.3 Å². The minimum Gasteiger partial charge on any atom is -0.497 e. The molecule has 0 aliphatic carbocycles. The van der Waals surface area contributed by atoms with Crippen molar-refractivity contribution in [2.45, 2.75) is 4.90 Å². The smallest absolute Gasteiger partial charge is 0.150 e. The fraction of sp³-hybridized carbons (Fsp3) is 0.133. The van der Waals surface area contributed by atoms with Crippen LogP contribution in [0.4, 0.5) is 4.39 Å². The third-order valence-electron chi connectivity index (χ3n) is 2.80. The van der Waals surface area contributed by atoms with Crippen LogP contribution in [0.25, 0.3) is 11.1 Å². The molecule has 2 nitrogen and oxygen atoms in total. The number of hydrogen-bond donors (Lipinski definition) is 0. The Morgan fingerprint density at radius 3 is 2.68 bits per heavy atom. The molecule has 0 heterocycles. The van der Waals surface area contributed by atoms with Gasteiger partial charge < -0.3 is 4.74 Å². The summed E-state index contributed by atoms with van der Waals surface area (Å²) < 4.78 is 19.5. The standard InChI is InChI=1S/C15H13FO2S/c1-18-12-7-13(15(16)14(8-12)19-2)11-5-3-4-10(6-11)9-17/h3-9H,1-2H3. The second-order valence-electron chi connectivity index (χ2n) is 3.93. The Morgan fingerprint density at radius 2 is 2.05 bits per heavy atom. The number of carbonyl (C=O) groups is 1. The lowest BCUT2D eigenvalue weighted by Crippen LogP contribution is -1.92. The zero-order valence-electron chi connectivity index (χ0n) is 10.6. The van der Waals surface area contributed by atoms with Crippen LogP contribution < -0.4 is 4.74 Å². The molecule has 0 bridgehead atoms. The van der Waals surface area contributed by atoms with Crippen molar-refractivity contribution in [2.24, 2.45) is 0 Å². The van der Waals surface area contributed by atoms with Crippen molar-refractivity contribution in [1.29, 1.82) is 0 Å². The third-order valence-corrected chi connectivity index (χ3v) is 3.54. The van der Waals surface area contributed by atoms with Crippen molar-refractivity contribution >= 4 is 18.0 Å². The molecule has 0 amide bonds. The molecule has 0 spiro atoms. The summed E-state index contributed by atoms with van der Waals surface area (Å²) in [6, 6.07) is 10.1. The summed E-state index contributed by atoms with van der Waals surface area (Å²) in [5.41, 5.74) is 1.62. The molecule has 0 aliphatic rings. The summed E-state index contributed by atoms with van der Waals surface area (Å²) >= 11 is 1.32. The fourth-order valence-electron chi connectivity index (χ4n) is 1.83. The Morgan fingerprint density at radius 1 is 1.26 bits per heavy atom. The first kappa shape index (κ1) is 13.6. The quantitative estimate of drug-likeness (QED) is 0.623.